The predicted octanol–water partition coefficient (Wildman–Crippen LogP) is 1.94. The molecule has 0 unspecified atom stereocenters. The van der Waals surface area contributed by atoms with E-state index in [4.69, 9.17) is 13.9 Å². The van der Waals surface area contributed by atoms with Crippen molar-refractivity contribution in [3.8, 4) is 5.75 Å². The molecule has 0 amide bonds. The van der Waals surface area contributed by atoms with Gasteiger partial charge in [0.1, 0.15) is 23.2 Å². The van der Waals surface area contributed by atoms with E-state index >= 15 is 0 Å². The Bertz CT molecular complexity index is 879. The molecule has 7 nitrogen and oxygen atoms in total. The molecule has 8 heteroatoms. The van der Waals surface area contributed by atoms with Crippen LogP contribution in [-0.4, -0.2) is 50.7 Å². The number of carbonyl (C=O) groups excluding carboxylic acids is 1. The zero-order chi connectivity index (χ0) is 17.5. The van der Waals surface area contributed by atoms with Gasteiger partial charge in [-0.2, -0.15) is 4.31 Å². The van der Waals surface area contributed by atoms with E-state index in [-0.39, 0.29) is 12.7 Å². The summed E-state index contributed by atoms with van der Waals surface area (Å²) < 4.78 is 40.7. The van der Waals surface area contributed by atoms with E-state index < -0.39 is 16.0 Å². The topological polar surface area (TPSA) is 86.0 Å². The number of carbonyl (C=O) groups is 1. The minimum absolute atomic E-state index is 0.254. The van der Waals surface area contributed by atoms with Crippen LogP contribution in [0.5, 0.6) is 5.75 Å². The van der Waals surface area contributed by atoms with Crippen LogP contribution in [-0.2, 0) is 14.8 Å². The van der Waals surface area contributed by atoms with Crippen molar-refractivity contribution in [2.24, 2.45) is 0 Å². The molecule has 0 atom stereocenters. The Morgan fingerprint density at radius 3 is 2.67 bits per heavy atom. The van der Waals surface area contributed by atoms with Crippen molar-refractivity contribution in [2.75, 3.05) is 26.0 Å². The highest BCUT2D eigenvalue weighted by Gasteiger charge is 2.35. The molecule has 2 heterocycles. The van der Waals surface area contributed by atoms with Gasteiger partial charge in [0.15, 0.2) is 0 Å². The van der Waals surface area contributed by atoms with Gasteiger partial charge in [0, 0.05) is 0 Å². The molecule has 3 rings (SSSR count). The minimum atomic E-state index is -3.20. The van der Waals surface area contributed by atoms with Crippen molar-refractivity contribution in [1.82, 2.24) is 4.31 Å². The first-order valence-corrected chi connectivity index (χ1v) is 9.46. The number of furan rings is 1. The fraction of sp³-hybridized carbons (Fsp3) is 0.438. The van der Waals surface area contributed by atoms with Gasteiger partial charge in [-0.3, -0.25) is 0 Å². The Hall–Kier alpha value is -2.06. The lowest BCUT2D eigenvalue weighted by atomic mass is 10.1. The highest BCUT2D eigenvalue weighted by atomic mass is 32.2. The van der Waals surface area contributed by atoms with Gasteiger partial charge in [-0.25, -0.2) is 13.2 Å². The van der Waals surface area contributed by atoms with Crippen LogP contribution in [0.4, 0.5) is 0 Å². The molecule has 0 saturated carbocycles. The highest BCUT2D eigenvalue weighted by Crippen LogP contribution is 2.32. The Morgan fingerprint density at radius 2 is 2.04 bits per heavy atom. The fourth-order valence-corrected chi connectivity index (χ4v) is 3.46. The minimum Gasteiger partial charge on any atom is -0.487 e. The lowest BCUT2D eigenvalue weighted by Gasteiger charge is -2.37. The Balaban J connectivity index is 1.87. The molecule has 130 valence electrons. The number of benzene rings is 1. The first-order chi connectivity index (χ1) is 11.3. The van der Waals surface area contributed by atoms with Crippen molar-refractivity contribution in [3.05, 3.63) is 29.5 Å². The summed E-state index contributed by atoms with van der Waals surface area (Å²) in [6, 6.07) is 5.06. The predicted molar refractivity (Wildman–Crippen MR) is 87.7 cm³/mol. The van der Waals surface area contributed by atoms with Crippen LogP contribution in [0.1, 0.15) is 23.0 Å². The van der Waals surface area contributed by atoms with Gasteiger partial charge in [0.05, 0.1) is 36.9 Å². The number of ether oxygens (including phenoxy) is 2. The van der Waals surface area contributed by atoms with Crippen molar-refractivity contribution in [1.29, 1.82) is 0 Å². The molecule has 1 aromatic heterocycles. The van der Waals surface area contributed by atoms with Crippen molar-refractivity contribution in [3.63, 3.8) is 0 Å². The number of nitrogens with zero attached hydrogens (tertiary/aromatic N) is 1. The number of esters is 1. The third-order valence-corrected chi connectivity index (χ3v) is 5.05. The van der Waals surface area contributed by atoms with Crippen LogP contribution in [0.25, 0.3) is 11.0 Å². The standard InChI is InChI=1S/C16H19NO6S/c1-4-21-16(18)11-6-14-13(5-10(2)22-14)15(7-11)23-12-8-17(9-12)24(3,19)20/h5-7,12H,4,8-9H2,1-3H3. The van der Waals surface area contributed by atoms with Gasteiger partial charge < -0.3 is 13.9 Å². The molecule has 1 aromatic carbocycles. The molecular formula is C16H19NO6S. The molecular weight excluding hydrogens is 334 g/mol. The lowest BCUT2D eigenvalue weighted by Crippen LogP contribution is -2.55. The van der Waals surface area contributed by atoms with Crippen LogP contribution in [0.2, 0.25) is 0 Å². The van der Waals surface area contributed by atoms with Crippen molar-refractivity contribution >= 4 is 27.0 Å². The third-order valence-electron chi connectivity index (χ3n) is 3.81. The van der Waals surface area contributed by atoms with Crippen LogP contribution < -0.4 is 4.74 Å². The summed E-state index contributed by atoms with van der Waals surface area (Å²) >= 11 is 0. The number of sulfonamides is 1. The second kappa shape index (κ2) is 6.10. The first kappa shape index (κ1) is 16.8. The average molecular weight is 353 g/mol. The number of aryl methyl sites for hydroxylation is 1. The fourth-order valence-electron chi connectivity index (χ4n) is 2.59. The third kappa shape index (κ3) is 3.25. The van der Waals surface area contributed by atoms with E-state index in [0.29, 0.717) is 35.7 Å². The van der Waals surface area contributed by atoms with E-state index in [1.807, 2.05) is 13.0 Å². The number of rotatable bonds is 5. The van der Waals surface area contributed by atoms with E-state index in [1.54, 1.807) is 19.1 Å². The molecule has 0 radical (unpaired) electrons. The Kier molecular flexibility index (Phi) is 4.27. The van der Waals surface area contributed by atoms with Crippen molar-refractivity contribution in [2.45, 2.75) is 20.0 Å². The number of fused-ring (bicyclic) bond motifs is 1. The largest absolute Gasteiger partial charge is 0.487 e. The SMILES string of the molecule is CCOC(=O)c1cc(OC2CN(S(C)(=O)=O)C2)c2cc(C)oc2c1. The molecule has 0 spiro atoms. The molecule has 1 aliphatic heterocycles. The lowest BCUT2D eigenvalue weighted by molar-refractivity contribution is 0.0523. The molecule has 0 bridgehead atoms. The van der Waals surface area contributed by atoms with Crippen LogP contribution in [0.3, 0.4) is 0 Å². The summed E-state index contributed by atoms with van der Waals surface area (Å²) in [5.41, 5.74) is 0.875. The number of hydrogen-bond acceptors (Lipinski definition) is 6. The highest BCUT2D eigenvalue weighted by molar-refractivity contribution is 7.88. The molecule has 0 N–H and O–H groups in total. The molecule has 1 fully saturated rings. The zero-order valence-corrected chi connectivity index (χ0v) is 14.6. The van der Waals surface area contributed by atoms with Gasteiger partial charge in [-0.15, -0.1) is 0 Å². The maximum atomic E-state index is 12.0. The van der Waals surface area contributed by atoms with Gasteiger partial charge in [0.2, 0.25) is 10.0 Å². The van der Waals surface area contributed by atoms with Gasteiger partial charge >= 0.3 is 5.97 Å². The van der Waals surface area contributed by atoms with Crippen LogP contribution in [0, 0.1) is 6.92 Å². The van der Waals surface area contributed by atoms with E-state index in [2.05, 4.69) is 0 Å². The molecule has 24 heavy (non-hydrogen) atoms. The first-order valence-electron chi connectivity index (χ1n) is 7.61. The molecule has 1 saturated heterocycles. The summed E-state index contributed by atoms with van der Waals surface area (Å²) in [7, 11) is -3.20. The summed E-state index contributed by atoms with van der Waals surface area (Å²) in [6.07, 6.45) is 0.915. The quantitative estimate of drug-likeness (QED) is 0.764. The normalized spacial score (nSPS) is 16.1. The van der Waals surface area contributed by atoms with Crippen molar-refractivity contribution < 1.29 is 27.1 Å². The molecule has 2 aromatic rings. The van der Waals surface area contributed by atoms with E-state index in [9.17, 15) is 13.2 Å². The Morgan fingerprint density at radius 1 is 1.33 bits per heavy atom. The molecule has 1 aliphatic rings. The second-order valence-electron chi connectivity index (χ2n) is 5.78. The van der Waals surface area contributed by atoms with Gasteiger partial charge in [-0.05, 0) is 32.0 Å². The summed E-state index contributed by atoms with van der Waals surface area (Å²) in [6.45, 7) is 4.40. The van der Waals surface area contributed by atoms with E-state index in [1.165, 1.54) is 10.6 Å². The monoisotopic (exact) mass is 353 g/mol. The Labute approximate surface area is 140 Å². The number of hydrogen-bond donors (Lipinski definition) is 0. The van der Waals surface area contributed by atoms with Gasteiger partial charge in [-0.1, -0.05) is 0 Å². The summed E-state index contributed by atoms with van der Waals surface area (Å²) in [5.74, 6) is 0.734. The van der Waals surface area contributed by atoms with Gasteiger partial charge in [0.25, 0.3) is 0 Å². The van der Waals surface area contributed by atoms with Crippen LogP contribution >= 0.6 is 0 Å². The smallest absolute Gasteiger partial charge is 0.338 e. The maximum absolute atomic E-state index is 12.0. The zero-order valence-electron chi connectivity index (χ0n) is 13.7. The average Bonchev–Trinajstić information content (AvgIpc) is 2.81. The summed E-state index contributed by atoms with van der Waals surface area (Å²) in [4.78, 5) is 12.0. The molecule has 0 aliphatic carbocycles. The maximum Gasteiger partial charge on any atom is 0.338 e. The summed E-state index contributed by atoms with van der Waals surface area (Å²) in [5, 5.41) is 0.748. The second-order valence-corrected chi connectivity index (χ2v) is 7.77. The van der Waals surface area contributed by atoms with Crippen LogP contribution in [0.15, 0.2) is 22.6 Å². The van der Waals surface area contributed by atoms with E-state index in [0.717, 1.165) is 5.39 Å².